The van der Waals surface area contributed by atoms with Crippen LogP contribution >= 0.6 is 11.3 Å². The topological polar surface area (TPSA) is 54.7 Å². The number of rotatable bonds is 1. The number of benzene rings is 1. The summed E-state index contributed by atoms with van der Waals surface area (Å²) < 4.78 is 0. The summed E-state index contributed by atoms with van der Waals surface area (Å²) in [5, 5.41) is 0.812. The van der Waals surface area contributed by atoms with E-state index in [1.165, 1.54) is 5.56 Å². The van der Waals surface area contributed by atoms with Crippen molar-refractivity contribution in [2.45, 2.75) is 6.92 Å². The normalized spacial score (nSPS) is 11.1. The number of aromatic nitrogens is 2. The molecule has 0 aliphatic carbocycles. The zero-order valence-electron chi connectivity index (χ0n) is 8.82. The number of H-pyrrole nitrogens is 1. The summed E-state index contributed by atoms with van der Waals surface area (Å²) in [6.45, 7) is 2.07. The Kier molecular flexibility index (Phi) is 1.97. The lowest BCUT2D eigenvalue weighted by atomic mass is 10.2. The Balaban J connectivity index is 2.22. The molecule has 0 atom stereocenters. The molecule has 0 aliphatic rings. The highest BCUT2D eigenvalue weighted by Crippen LogP contribution is 2.29. The van der Waals surface area contributed by atoms with E-state index < -0.39 is 0 Å². The van der Waals surface area contributed by atoms with Gasteiger partial charge in [0.25, 0.3) is 0 Å². The van der Waals surface area contributed by atoms with Crippen LogP contribution in [0.1, 0.15) is 5.56 Å². The lowest BCUT2D eigenvalue weighted by Crippen LogP contribution is -1.75. The van der Waals surface area contributed by atoms with Gasteiger partial charge >= 0.3 is 0 Å². The quantitative estimate of drug-likeness (QED) is 0.673. The molecule has 3 N–H and O–H groups in total. The molecule has 3 rings (SSSR count). The minimum Gasteiger partial charge on any atom is -0.391 e. The molecule has 0 amide bonds. The molecule has 4 heteroatoms. The molecule has 16 heavy (non-hydrogen) atoms. The van der Waals surface area contributed by atoms with Gasteiger partial charge in [0.1, 0.15) is 5.82 Å². The van der Waals surface area contributed by atoms with Crippen LogP contribution in [0.3, 0.4) is 0 Å². The van der Waals surface area contributed by atoms with Crippen molar-refractivity contribution in [2.75, 3.05) is 5.73 Å². The van der Waals surface area contributed by atoms with E-state index in [2.05, 4.69) is 23.0 Å². The molecule has 0 radical (unpaired) electrons. The molecule has 0 aliphatic heterocycles. The smallest absolute Gasteiger partial charge is 0.148 e. The standard InChI is InChI=1S/C12H11N3S/c1-7-3-2-4-8-11(7)15-12(14-8)9-5-6-10(13)16-9/h2-6H,13H2,1H3,(H,14,15). The zero-order valence-corrected chi connectivity index (χ0v) is 9.64. The maximum Gasteiger partial charge on any atom is 0.148 e. The average Bonchev–Trinajstić information content (AvgIpc) is 2.84. The van der Waals surface area contributed by atoms with E-state index in [1.807, 2.05) is 24.3 Å². The summed E-state index contributed by atoms with van der Waals surface area (Å²) in [5.41, 5.74) is 9.00. The minimum atomic E-state index is 0.812. The van der Waals surface area contributed by atoms with Crippen LogP contribution in [-0.2, 0) is 0 Å². The summed E-state index contributed by atoms with van der Waals surface area (Å²) in [6, 6.07) is 10.0. The SMILES string of the molecule is Cc1cccc2[nH]c(-c3ccc(N)s3)nc12. The second kappa shape index (κ2) is 3.35. The van der Waals surface area contributed by atoms with Gasteiger partial charge in [0.2, 0.25) is 0 Å². The maximum atomic E-state index is 5.72. The summed E-state index contributed by atoms with van der Waals surface area (Å²) >= 11 is 1.55. The number of nitrogens with zero attached hydrogens (tertiary/aromatic N) is 1. The van der Waals surface area contributed by atoms with E-state index in [9.17, 15) is 0 Å². The van der Waals surface area contributed by atoms with Crippen molar-refractivity contribution in [3.63, 3.8) is 0 Å². The van der Waals surface area contributed by atoms with Crippen molar-refractivity contribution in [1.29, 1.82) is 0 Å². The van der Waals surface area contributed by atoms with Crippen LogP contribution in [-0.4, -0.2) is 9.97 Å². The first-order valence-electron chi connectivity index (χ1n) is 5.05. The van der Waals surface area contributed by atoms with Crippen molar-refractivity contribution in [1.82, 2.24) is 9.97 Å². The number of imidazole rings is 1. The monoisotopic (exact) mass is 229 g/mol. The first kappa shape index (κ1) is 9.42. The first-order valence-corrected chi connectivity index (χ1v) is 5.87. The third-order valence-electron chi connectivity index (χ3n) is 2.57. The van der Waals surface area contributed by atoms with Crippen LogP contribution in [0.15, 0.2) is 30.3 Å². The number of nitrogen functional groups attached to an aromatic ring is 1. The Bertz CT molecular complexity index is 651. The molecule has 0 saturated carbocycles. The molecule has 2 heterocycles. The van der Waals surface area contributed by atoms with E-state index in [0.717, 1.165) is 26.7 Å². The van der Waals surface area contributed by atoms with E-state index >= 15 is 0 Å². The number of aromatic amines is 1. The van der Waals surface area contributed by atoms with E-state index in [0.29, 0.717) is 0 Å². The second-order valence-electron chi connectivity index (χ2n) is 3.76. The number of nitrogens with one attached hydrogen (secondary N) is 1. The Labute approximate surface area is 96.9 Å². The van der Waals surface area contributed by atoms with Crippen LogP contribution in [0.5, 0.6) is 0 Å². The number of anilines is 1. The molecular formula is C12H11N3S. The Morgan fingerprint density at radius 1 is 1.25 bits per heavy atom. The molecule has 0 saturated heterocycles. The Hall–Kier alpha value is -1.81. The van der Waals surface area contributed by atoms with Crippen molar-refractivity contribution >= 4 is 27.4 Å². The summed E-state index contributed by atoms with van der Waals surface area (Å²) in [4.78, 5) is 8.98. The van der Waals surface area contributed by atoms with Gasteiger partial charge in [-0.15, -0.1) is 11.3 Å². The van der Waals surface area contributed by atoms with Crippen LogP contribution in [0.4, 0.5) is 5.00 Å². The number of thiophene rings is 1. The summed E-state index contributed by atoms with van der Waals surface area (Å²) in [7, 11) is 0. The van der Waals surface area contributed by atoms with E-state index in [1.54, 1.807) is 11.3 Å². The number of hydrogen-bond donors (Lipinski definition) is 2. The fourth-order valence-corrected chi connectivity index (χ4v) is 2.49. The lowest BCUT2D eigenvalue weighted by Gasteiger charge is -1.90. The van der Waals surface area contributed by atoms with Crippen LogP contribution < -0.4 is 5.73 Å². The number of nitrogens with two attached hydrogens (primary N) is 1. The van der Waals surface area contributed by atoms with Crippen molar-refractivity contribution < 1.29 is 0 Å². The fraction of sp³-hybridized carbons (Fsp3) is 0.0833. The van der Waals surface area contributed by atoms with Crippen molar-refractivity contribution in [3.05, 3.63) is 35.9 Å². The Morgan fingerprint density at radius 2 is 2.12 bits per heavy atom. The highest BCUT2D eigenvalue weighted by Gasteiger charge is 2.08. The number of hydrogen-bond acceptors (Lipinski definition) is 3. The van der Waals surface area contributed by atoms with Gasteiger partial charge in [-0.25, -0.2) is 4.98 Å². The number of aryl methyl sites for hydroxylation is 1. The number of para-hydroxylation sites is 1. The van der Waals surface area contributed by atoms with Gasteiger partial charge in [-0.3, -0.25) is 0 Å². The van der Waals surface area contributed by atoms with Crippen LogP contribution in [0.25, 0.3) is 21.7 Å². The molecule has 3 nitrogen and oxygen atoms in total. The van der Waals surface area contributed by atoms with Gasteiger partial charge in [0.05, 0.1) is 20.9 Å². The third kappa shape index (κ3) is 1.39. The van der Waals surface area contributed by atoms with Gasteiger partial charge in [-0.2, -0.15) is 0 Å². The zero-order chi connectivity index (χ0) is 11.1. The predicted octanol–water partition coefficient (Wildman–Crippen LogP) is 3.18. The molecule has 2 aromatic heterocycles. The van der Waals surface area contributed by atoms with Crippen molar-refractivity contribution in [3.8, 4) is 10.7 Å². The van der Waals surface area contributed by atoms with Gasteiger partial charge in [0, 0.05) is 0 Å². The Morgan fingerprint density at radius 3 is 2.81 bits per heavy atom. The van der Waals surface area contributed by atoms with Gasteiger partial charge in [-0.05, 0) is 30.7 Å². The van der Waals surface area contributed by atoms with E-state index in [4.69, 9.17) is 5.73 Å². The van der Waals surface area contributed by atoms with E-state index in [-0.39, 0.29) is 0 Å². The molecule has 3 aromatic rings. The third-order valence-corrected chi connectivity index (χ3v) is 3.50. The second-order valence-corrected chi connectivity index (χ2v) is 4.87. The summed E-state index contributed by atoms with van der Waals surface area (Å²) in [5.74, 6) is 0.894. The highest BCUT2D eigenvalue weighted by atomic mass is 32.1. The fourth-order valence-electron chi connectivity index (χ4n) is 1.77. The summed E-state index contributed by atoms with van der Waals surface area (Å²) in [6.07, 6.45) is 0. The van der Waals surface area contributed by atoms with Gasteiger partial charge < -0.3 is 10.7 Å². The molecule has 80 valence electrons. The van der Waals surface area contributed by atoms with Gasteiger partial charge in [-0.1, -0.05) is 12.1 Å². The predicted molar refractivity (Wildman–Crippen MR) is 68.6 cm³/mol. The minimum absolute atomic E-state index is 0.812. The highest BCUT2D eigenvalue weighted by molar-refractivity contribution is 7.19. The van der Waals surface area contributed by atoms with Gasteiger partial charge in [0.15, 0.2) is 0 Å². The lowest BCUT2D eigenvalue weighted by molar-refractivity contribution is 1.35. The molecular weight excluding hydrogens is 218 g/mol. The maximum absolute atomic E-state index is 5.72. The van der Waals surface area contributed by atoms with Crippen LogP contribution in [0.2, 0.25) is 0 Å². The molecule has 0 bridgehead atoms. The molecule has 0 unspecified atom stereocenters. The number of fused-ring (bicyclic) bond motifs is 1. The molecule has 0 spiro atoms. The molecule has 1 aromatic carbocycles. The van der Waals surface area contributed by atoms with Crippen molar-refractivity contribution in [2.24, 2.45) is 0 Å². The largest absolute Gasteiger partial charge is 0.391 e. The molecule has 0 fully saturated rings. The van der Waals surface area contributed by atoms with Crippen LogP contribution in [0, 0.1) is 6.92 Å². The average molecular weight is 229 g/mol. The first-order chi connectivity index (χ1) is 7.74.